The molecule has 1 aromatic heterocycles. The summed E-state index contributed by atoms with van der Waals surface area (Å²) in [5.74, 6) is -0.104. The Morgan fingerprint density at radius 3 is 2.92 bits per heavy atom. The number of benzene rings is 1. The molecule has 1 atom stereocenters. The summed E-state index contributed by atoms with van der Waals surface area (Å²) in [5, 5.41) is 0. The standard InChI is InChI=1S/C18H24N4O3S/c1-15-5-3-11-22(15)18(23)16-6-2-7-17(13-16)26(24,25)20-8-4-10-21-12-9-19-14-21/h2,6-7,9,12-15,20H,3-5,8,10-11H2,1H3. The van der Waals surface area contributed by atoms with Crippen LogP contribution in [0.5, 0.6) is 0 Å². The summed E-state index contributed by atoms with van der Waals surface area (Å²) in [6, 6.07) is 6.47. The van der Waals surface area contributed by atoms with E-state index in [1.54, 1.807) is 24.7 Å². The number of aryl methyl sites for hydroxylation is 1. The van der Waals surface area contributed by atoms with Crippen LogP contribution < -0.4 is 4.72 Å². The number of aromatic nitrogens is 2. The SMILES string of the molecule is CC1CCCN1C(=O)c1cccc(S(=O)(=O)NCCCn2ccnc2)c1. The first kappa shape index (κ1) is 18.6. The second-order valence-corrected chi connectivity index (χ2v) is 8.34. The second kappa shape index (κ2) is 8.01. The normalized spacial score (nSPS) is 17.6. The molecule has 2 aromatic rings. The number of sulfonamides is 1. The summed E-state index contributed by atoms with van der Waals surface area (Å²) >= 11 is 0. The van der Waals surface area contributed by atoms with Gasteiger partial charge in [0.2, 0.25) is 10.0 Å². The maximum atomic E-state index is 12.6. The summed E-state index contributed by atoms with van der Waals surface area (Å²) in [4.78, 5) is 18.5. The number of rotatable bonds is 7. The molecule has 0 aliphatic carbocycles. The van der Waals surface area contributed by atoms with Crippen molar-refractivity contribution < 1.29 is 13.2 Å². The van der Waals surface area contributed by atoms with Crippen molar-refractivity contribution in [2.45, 2.75) is 43.7 Å². The first-order valence-corrected chi connectivity index (χ1v) is 10.3. The van der Waals surface area contributed by atoms with Crippen molar-refractivity contribution in [3.63, 3.8) is 0 Å². The zero-order valence-electron chi connectivity index (χ0n) is 14.8. The Bertz CT molecular complexity index is 849. The first-order valence-electron chi connectivity index (χ1n) is 8.84. The molecule has 0 radical (unpaired) electrons. The van der Waals surface area contributed by atoms with Crippen molar-refractivity contribution in [1.29, 1.82) is 0 Å². The van der Waals surface area contributed by atoms with E-state index in [1.165, 1.54) is 12.1 Å². The van der Waals surface area contributed by atoms with E-state index in [0.717, 1.165) is 19.4 Å². The molecule has 0 bridgehead atoms. The van der Waals surface area contributed by atoms with Gasteiger partial charge in [-0.25, -0.2) is 18.1 Å². The molecule has 1 fully saturated rings. The van der Waals surface area contributed by atoms with Gasteiger partial charge in [0.25, 0.3) is 5.91 Å². The fourth-order valence-corrected chi connectivity index (χ4v) is 4.29. The van der Waals surface area contributed by atoms with Gasteiger partial charge in [-0.15, -0.1) is 0 Å². The Labute approximate surface area is 154 Å². The number of imidazole rings is 1. The summed E-state index contributed by atoms with van der Waals surface area (Å²) in [6.45, 7) is 3.76. The van der Waals surface area contributed by atoms with Gasteiger partial charge in [0.05, 0.1) is 11.2 Å². The lowest BCUT2D eigenvalue weighted by Crippen LogP contribution is -2.33. The van der Waals surface area contributed by atoms with E-state index in [1.807, 2.05) is 22.6 Å². The largest absolute Gasteiger partial charge is 0.337 e. The molecule has 8 heteroatoms. The second-order valence-electron chi connectivity index (χ2n) is 6.57. The van der Waals surface area contributed by atoms with Gasteiger partial charge >= 0.3 is 0 Å². The predicted molar refractivity (Wildman–Crippen MR) is 98.2 cm³/mol. The molecule has 1 aromatic carbocycles. The molecular formula is C18H24N4O3S. The Hall–Kier alpha value is -2.19. The predicted octanol–water partition coefficient (Wildman–Crippen LogP) is 1.88. The lowest BCUT2D eigenvalue weighted by molar-refractivity contribution is 0.0747. The molecule has 1 saturated heterocycles. The average molecular weight is 376 g/mol. The third kappa shape index (κ3) is 4.31. The minimum atomic E-state index is -3.64. The molecule has 140 valence electrons. The number of carbonyl (C=O) groups excluding carboxylic acids is 1. The molecule has 2 heterocycles. The van der Waals surface area contributed by atoms with Crippen molar-refractivity contribution in [1.82, 2.24) is 19.2 Å². The maximum absolute atomic E-state index is 12.6. The van der Waals surface area contributed by atoms with Crippen LogP contribution in [0.3, 0.4) is 0 Å². The molecule has 0 spiro atoms. The number of nitrogens with zero attached hydrogens (tertiary/aromatic N) is 3. The van der Waals surface area contributed by atoms with E-state index in [0.29, 0.717) is 25.1 Å². The zero-order chi connectivity index (χ0) is 18.6. The van der Waals surface area contributed by atoms with Crippen LogP contribution >= 0.6 is 0 Å². The fourth-order valence-electron chi connectivity index (χ4n) is 3.17. The van der Waals surface area contributed by atoms with E-state index in [2.05, 4.69) is 9.71 Å². The molecule has 26 heavy (non-hydrogen) atoms. The molecule has 3 rings (SSSR count). The van der Waals surface area contributed by atoms with Crippen molar-refractivity contribution in [3.8, 4) is 0 Å². The van der Waals surface area contributed by atoms with E-state index in [9.17, 15) is 13.2 Å². The lowest BCUT2D eigenvalue weighted by Gasteiger charge is -2.21. The highest BCUT2D eigenvalue weighted by molar-refractivity contribution is 7.89. The quantitative estimate of drug-likeness (QED) is 0.748. The lowest BCUT2D eigenvalue weighted by atomic mass is 10.2. The Morgan fingerprint density at radius 2 is 2.23 bits per heavy atom. The molecule has 1 unspecified atom stereocenters. The van der Waals surface area contributed by atoms with Gasteiger partial charge in [-0.3, -0.25) is 4.79 Å². The highest BCUT2D eigenvalue weighted by Crippen LogP contribution is 2.21. The maximum Gasteiger partial charge on any atom is 0.254 e. The third-order valence-electron chi connectivity index (χ3n) is 4.65. The van der Waals surface area contributed by atoms with Gasteiger partial charge in [-0.2, -0.15) is 0 Å². The smallest absolute Gasteiger partial charge is 0.254 e. The monoisotopic (exact) mass is 376 g/mol. The van der Waals surface area contributed by atoms with Crippen molar-refractivity contribution in [2.75, 3.05) is 13.1 Å². The van der Waals surface area contributed by atoms with Gasteiger partial charge in [-0.1, -0.05) is 6.07 Å². The van der Waals surface area contributed by atoms with Gasteiger partial charge in [0, 0.05) is 43.6 Å². The number of carbonyl (C=O) groups is 1. The number of hydrogen-bond donors (Lipinski definition) is 1. The summed E-state index contributed by atoms with van der Waals surface area (Å²) in [7, 11) is -3.64. The van der Waals surface area contributed by atoms with Crippen molar-refractivity contribution in [2.24, 2.45) is 0 Å². The van der Waals surface area contributed by atoms with Crippen LogP contribution in [0.15, 0.2) is 47.9 Å². The number of likely N-dealkylation sites (tertiary alicyclic amines) is 1. The summed E-state index contributed by atoms with van der Waals surface area (Å²) in [6.07, 6.45) is 7.85. The first-order chi connectivity index (χ1) is 12.5. The molecule has 1 aliphatic rings. The van der Waals surface area contributed by atoms with Crippen molar-refractivity contribution >= 4 is 15.9 Å². The Balaban J connectivity index is 1.63. The van der Waals surface area contributed by atoms with Gasteiger partial charge in [0.15, 0.2) is 0 Å². The van der Waals surface area contributed by atoms with E-state index in [4.69, 9.17) is 0 Å². The molecule has 7 nitrogen and oxygen atoms in total. The van der Waals surface area contributed by atoms with Crippen LogP contribution in [0, 0.1) is 0 Å². The molecular weight excluding hydrogens is 352 g/mol. The van der Waals surface area contributed by atoms with E-state index in [-0.39, 0.29) is 16.8 Å². The van der Waals surface area contributed by atoms with Gasteiger partial charge in [-0.05, 0) is 44.4 Å². The van der Waals surface area contributed by atoms with Crippen LogP contribution in [-0.4, -0.2) is 47.9 Å². The van der Waals surface area contributed by atoms with Crippen LogP contribution in [0.2, 0.25) is 0 Å². The number of hydrogen-bond acceptors (Lipinski definition) is 4. The van der Waals surface area contributed by atoms with E-state index < -0.39 is 10.0 Å². The highest BCUT2D eigenvalue weighted by Gasteiger charge is 2.26. The van der Waals surface area contributed by atoms with Crippen LogP contribution in [-0.2, 0) is 16.6 Å². The number of amides is 1. The van der Waals surface area contributed by atoms with Gasteiger partial charge in [0.1, 0.15) is 0 Å². The average Bonchev–Trinajstić information content (AvgIpc) is 3.30. The van der Waals surface area contributed by atoms with Crippen molar-refractivity contribution in [3.05, 3.63) is 48.5 Å². The minimum Gasteiger partial charge on any atom is -0.337 e. The fraction of sp³-hybridized carbons (Fsp3) is 0.444. The topological polar surface area (TPSA) is 84.3 Å². The molecule has 1 amide bonds. The number of nitrogens with one attached hydrogen (secondary N) is 1. The van der Waals surface area contributed by atoms with Gasteiger partial charge < -0.3 is 9.47 Å². The van der Waals surface area contributed by atoms with E-state index >= 15 is 0 Å². The van der Waals surface area contributed by atoms with Crippen LogP contribution in [0.25, 0.3) is 0 Å². The summed E-state index contributed by atoms with van der Waals surface area (Å²) in [5.41, 5.74) is 0.417. The van der Waals surface area contributed by atoms with Crippen LogP contribution in [0.4, 0.5) is 0 Å². The summed E-state index contributed by atoms with van der Waals surface area (Å²) < 4.78 is 29.5. The third-order valence-corrected chi connectivity index (χ3v) is 6.11. The molecule has 1 N–H and O–H groups in total. The molecule has 0 saturated carbocycles. The highest BCUT2D eigenvalue weighted by atomic mass is 32.2. The zero-order valence-corrected chi connectivity index (χ0v) is 15.7. The Morgan fingerprint density at radius 1 is 1.38 bits per heavy atom. The minimum absolute atomic E-state index is 0.104. The Kier molecular flexibility index (Phi) is 5.73. The van der Waals surface area contributed by atoms with Crippen LogP contribution in [0.1, 0.15) is 36.5 Å². The molecule has 1 aliphatic heterocycles.